The lowest BCUT2D eigenvalue weighted by molar-refractivity contribution is 0.206. The van der Waals surface area contributed by atoms with E-state index in [1.165, 1.54) is 44.5 Å². The minimum Gasteiger partial charge on any atom is -0.355 e. The molecule has 0 bridgehead atoms. The standard InChI is InChI=1S/C16H30N6/c1-4-8-21-9-5-15(6-10-21)20-16(17-3)18-7-11-22-13-14(2)12-19-22/h12-13,15H,4-11H2,1-3H3,(H2,17,18,20). The lowest BCUT2D eigenvalue weighted by atomic mass is 10.1. The Kier molecular flexibility index (Phi) is 6.71. The number of aromatic nitrogens is 2. The second kappa shape index (κ2) is 8.78. The summed E-state index contributed by atoms with van der Waals surface area (Å²) in [6.07, 6.45) is 7.57. The van der Waals surface area contributed by atoms with E-state index in [-0.39, 0.29) is 0 Å². The summed E-state index contributed by atoms with van der Waals surface area (Å²) in [5, 5.41) is 11.2. The fourth-order valence-corrected chi connectivity index (χ4v) is 2.88. The first-order valence-corrected chi connectivity index (χ1v) is 8.40. The molecule has 124 valence electrons. The maximum Gasteiger partial charge on any atom is 0.191 e. The van der Waals surface area contributed by atoms with Crippen molar-refractivity contribution in [3.05, 3.63) is 18.0 Å². The molecule has 0 spiro atoms. The van der Waals surface area contributed by atoms with E-state index in [2.05, 4.69) is 45.7 Å². The highest BCUT2D eigenvalue weighted by atomic mass is 15.3. The zero-order chi connectivity index (χ0) is 15.8. The van der Waals surface area contributed by atoms with Gasteiger partial charge in [-0.15, -0.1) is 0 Å². The van der Waals surface area contributed by atoms with Gasteiger partial charge >= 0.3 is 0 Å². The van der Waals surface area contributed by atoms with E-state index in [1.807, 2.05) is 17.9 Å². The molecule has 22 heavy (non-hydrogen) atoms. The van der Waals surface area contributed by atoms with E-state index < -0.39 is 0 Å². The van der Waals surface area contributed by atoms with Crippen LogP contribution in [-0.4, -0.2) is 59.9 Å². The largest absolute Gasteiger partial charge is 0.355 e. The molecule has 1 aliphatic rings. The van der Waals surface area contributed by atoms with E-state index in [4.69, 9.17) is 0 Å². The van der Waals surface area contributed by atoms with Crippen molar-refractivity contribution in [2.45, 2.75) is 45.7 Å². The van der Waals surface area contributed by atoms with Crippen LogP contribution in [0.3, 0.4) is 0 Å². The molecule has 0 unspecified atom stereocenters. The summed E-state index contributed by atoms with van der Waals surface area (Å²) in [4.78, 5) is 6.88. The van der Waals surface area contributed by atoms with Gasteiger partial charge in [-0.2, -0.15) is 5.10 Å². The summed E-state index contributed by atoms with van der Waals surface area (Å²) in [5.41, 5.74) is 1.20. The average Bonchev–Trinajstić information content (AvgIpc) is 2.94. The van der Waals surface area contributed by atoms with Crippen LogP contribution in [0, 0.1) is 6.92 Å². The fraction of sp³-hybridized carbons (Fsp3) is 0.750. The lowest BCUT2D eigenvalue weighted by Crippen LogP contribution is -2.49. The Balaban J connectivity index is 1.67. The number of hydrogen-bond donors (Lipinski definition) is 2. The van der Waals surface area contributed by atoms with Gasteiger partial charge in [0.2, 0.25) is 0 Å². The molecule has 0 atom stereocenters. The van der Waals surface area contributed by atoms with Gasteiger partial charge in [0.25, 0.3) is 0 Å². The minimum atomic E-state index is 0.534. The van der Waals surface area contributed by atoms with Crippen LogP contribution in [0.2, 0.25) is 0 Å². The first-order chi connectivity index (χ1) is 10.7. The summed E-state index contributed by atoms with van der Waals surface area (Å²) in [5.74, 6) is 0.901. The van der Waals surface area contributed by atoms with Crippen LogP contribution in [-0.2, 0) is 6.54 Å². The molecule has 2 N–H and O–H groups in total. The Labute approximate surface area is 134 Å². The number of aliphatic imine (C=N–C) groups is 1. The minimum absolute atomic E-state index is 0.534. The Bertz CT molecular complexity index is 459. The molecule has 6 nitrogen and oxygen atoms in total. The SMILES string of the molecule is CCCN1CCC(NC(=NC)NCCn2cc(C)cn2)CC1. The maximum absolute atomic E-state index is 4.33. The first kappa shape index (κ1) is 16.8. The highest BCUT2D eigenvalue weighted by Crippen LogP contribution is 2.10. The van der Waals surface area contributed by atoms with Gasteiger partial charge in [0, 0.05) is 38.9 Å². The third kappa shape index (κ3) is 5.33. The number of hydrogen-bond acceptors (Lipinski definition) is 3. The number of nitrogens with zero attached hydrogens (tertiary/aromatic N) is 4. The van der Waals surface area contributed by atoms with Gasteiger partial charge in [0.15, 0.2) is 5.96 Å². The van der Waals surface area contributed by atoms with Crippen molar-refractivity contribution in [1.29, 1.82) is 0 Å². The van der Waals surface area contributed by atoms with E-state index >= 15 is 0 Å². The maximum atomic E-state index is 4.33. The molecule has 0 aliphatic carbocycles. The van der Waals surface area contributed by atoms with E-state index in [9.17, 15) is 0 Å². The number of likely N-dealkylation sites (tertiary alicyclic amines) is 1. The first-order valence-electron chi connectivity index (χ1n) is 8.40. The third-order valence-electron chi connectivity index (χ3n) is 4.09. The van der Waals surface area contributed by atoms with Crippen LogP contribution in [0.5, 0.6) is 0 Å². The number of aryl methyl sites for hydroxylation is 1. The molecule has 6 heteroatoms. The molecule has 0 saturated carbocycles. The molecule has 0 radical (unpaired) electrons. The smallest absolute Gasteiger partial charge is 0.191 e. The number of piperidine rings is 1. The average molecular weight is 306 g/mol. The van der Waals surface area contributed by atoms with E-state index in [0.29, 0.717) is 6.04 Å². The van der Waals surface area contributed by atoms with Gasteiger partial charge in [-0.25, -0.2) is 0 Å². The van der Waals surface area contributed by atoms with Crippen molar-refractivity contribution in [3.63, 3.8) is 0 Å². The van der Waals surface area contributed by atoms with Gasteiger partial charge in [-0.3, -0.25) is 9.67 Å². The molecule has 0 aromatic carbocycles. The third-order valence-corrected chi connectivity index (χ3v) is 4.09. The Morgan fingerprint density at radius 3 is 2.73 bits per heavy atom. The molecule has 0 amide bonds. The fourth-order valence-electron chi connectivity index (χ4n) is 2.88. The van der Waals surface area contributed by atoms with Gasteiger partial charge in [0.05, 0.1) is 12.7 Å². The zero-order valence-corrected chi connectivity index (χ0v) is 14.2. The molecule has 2 heterocycles. The molecule has 1 aliphatic heterocycles. The monoisotopic (exact) mass is 306 g/mol. The van der Waals surface area contributed by atoms with Gasteiger partial charge in [-0.1, -0.05) is 6.92 Å². The molecule has 2 rings (SSSR count). The summed E-state index contributed by atoms with van der Waals surface area (Å²) in [6, 6.07) is 0.534. The summed E-state index contributed by atoms with van der Waals surface area (Å²) >= 11 is 0. The molecular weight excluding hydrogens is 276 g/mol. The molecular formula is C16H30N6. The van der Waals surface area contributed by atoms with Crippen molar-refractivity contribution in [2.75, 3.05) is 33.2 Å². The zero-order valence-electron chi connectivity index (χ0n) is 14.2. The Hall–Kier alpha value is -1.56. The highest BCUT2D eigenvalue weighted by Gasteiger charge is 2.19. The van der Waals surface area contributed by atoms with Crippen molar-refractivity contribution in [2.24, 2.45) is 4.99 Å². The molecule has 1 aromatic rings. The molecule has 1 saturated heterocycles. The lowest BCUT2D eigenvalue weighted by Gasteiger charge is -2.32. The molecule has 1 aromatic heterocycles. The Morgan fingerprint density at radius 2 is 2.14 bits per heavy atom. The van der Waals surface area contributed by atoms with E-state index in [0.717, 1.165) is 19.0 Å². The number of rotatable bonds is 6. The van der Waals surface area contributed by atoms with Crippen LogP contribution in [0.25, 0.3) is 0 Å². The Morgan fingerprint density at radius 1 is 1.36 bits per heavy atom. The summed E-state index contributed by atoms with van der Waals surface area (Å²) in [7, 11) is 1.83. The van der Waals surface area contributed by atoms with Gasteiger partial charge in [0.1, 0.15) is 0 Å². The molecule has 1 fully saturated rings. The van der Waals surface area contributed by atoms with Crippen LogP contribution < -0.4 is 10.6 Å². The van der Waals surface area contributed by atoms with Crippen molar-refractivity contribution >= 4 is 5.96 Å². The predicted octanol–water partition coefficient (Wildman–Crippen LogP) is 1.23. The van der Waals surface area contributed by atoms with Crippen LogP contribution in [0.1, 0.15) is 31.7 Å². The van der Waals surface area contributed by atoms with Crippen LogP contribution in [0.4, 0.5) is 0 Å². The highest BCUT2D eigenvalue weighted by molar-refractivity contribution is 5.79. The second-order valence-electron chi connectivity index (χ2n) is 6.04. The quantitative estimate of drug-likeness (QED) is 0.613. The van der Waals surface area contributed by atoms with E-state index in [1.54, 1.807) is 0 Å². The summed E-state index contributed by atoms with van der Waals surface area (Å²) in [6.45, 7) is 9.59. The van der Waals surface area contributed by atoms with Crippen molar-refractivity contribution in [3.8, 4) is 0 Å². The van der Waals surface area contributed by atoms with Crippen LogP contribution in [0.15, 0.2) is 17.4 Å². The predicted molar refractivity (Wildman–Crippen MR) is 91.2 cm³/mol. The summed E-state index contributed by atoms with van der Waals surface area (Å²) < 4.78 is 1.96. The number of guanidine groups is 1. The van der Waals surface area contributed by atoms with Gasteiger partial charge in [-0.05, 0) is 38.3 Å². The van der Waals surface area contributed by atoms with Crippen molar-refractivity contribution < 1.29 is 0 Å². The second-order valence-corrected chi connectivity index (χ2v) is 6.04. The van der Waals surface area contributed by atoms with Gasteiger partial charge < -0.3 is 15.5 Å². The topological polar surface area (TPSA) is 57.5 Å². The number of nitrogens with one attached hydrogen (secondary N) is 2. The van der Waals surface area contributed by atoms with Crippen molar-refractivity contribution in [1.82, 2.24) is 25.3 Å². The normalized spacial score (nSPS) is 17.7. The van der Waals surface area contributed by atoms with Crippen LogP contribution >= 0.6 is 0 Å².